The van der Waals surface area contributed by atoms with Crippen LogP contribution in [0, 0.1) is 0 Å². The smallest absolute Gasteiger partial charge is 0.269 e. The van der Waals surface area contributed by atoms with Gasteiger partial charge in [-0.3, -0.25) is 14.5 Å². The predicted molar refractivity (Wildman–Crippen MR) is 64.9 cm³/mol. The third kappa shape index (κ3) is 1.71. The monoisotopic (exact) mass is 280 g/mol. The van der Waals surface area contributed by atoms with Gasteiger partial charge in [0.2, 0.25) is 0 Å². The van der Waals surface area contributed by atoms with Gasteiger partial charge >= 0.3 is 0 Å². The van der Waals surface area contributed by atoms with E-state index < -0.39 is 15.9 Å². The van der Waals surface area contributed by atoms with Crippen LogP contribution in [0.1, 0.15) is 10.5 Å². The molecule has 1 amide bonds. The number of carbonyl (C=O) groups is 1. The predicted octanol–water partition coefficient (Wildman–Crippen LogP) is -0.406. The first-order valence-corrected chi connectivity index (χ1v) is 6.63. The van der Waals surface area contributed by atoms with Gasteiger partial charge in [0, 0.05) is 12.4 Å². The normalized spacial score (nSPS) is 18.9. The lowest BCUT2D eigenvalue weighted by Gasteiger charge is -2.13. The molecule has 1 aromatic rings. The van der Waals surface area contributed by atoms with Gasteiger partial charge in [0.25, 0.3) is 15.9 Å². The number of rotatable bonds is 1. The van der Waals surface area contributed by atoms with E-state index in [1.54, 1.807) is 0 Å². The molecule has 0 saturated carbocycles. The van der Waals surface area contributed by atoms with Gasteiger partial charge in [-0.15, -0.1) is 0 Å². The van der Waals surface area contributed by atoms with Crippen LogP contribution in [0.4, 0.5) is 0 Å². The lowest BCUT2D eigenvalue weighted by atomic mass is 10.3. The number of ether oxygens (including phenoxy) is 1. The van der Waals surface area contributed by atoms with Crippen LogP contribution in [0.15, 0.2) is 39.8 Å². The number of H-pyrrole nitrogens is 1. The number of primary amides is 1. The molecule has 0 fully saturated rings. The summed E-state index contributed by atoms with van der Waals surface area (Å²) in [5, 5.41) is 0. The first-order chi connectivity index (χ1) is 8.99. The average Bonchev–Trinajstić information content (AvgIpc) is 2.90. The van der Waals surface area contributed by atoms with Gasteiger partial charge < -0.3 is 15.5 Å². The van der Waals surface area contributed by atoms with Crippen molar-refractivity contribution < 1.29 is 17.9 Å². The van der Waals surface area contributed by atoms with Crippen LogP contribution < -0.4 is 15.2 Å². The van der Waals surface area contributed by atoms with E-state index in [1.165, 1.54) is 18.6 Å². The number of aromatic nitrogens is 1. The highest BCUT2D eigenvalue weighted by molar-refractivity contribution is 7.89. The van der Waals surface area contributed by atoms with Crippen molar-refractivity contribution in [3.8, 4) is 5.75 Å². The molecular formula is C10H8N4O4S. The molecule has 0 radical (unpaired) electrons. The van der Waals surface area contributed by atoms with Crippen molar-refractivity contribution in [1.82, 2.24) is 9.71 Å². The standard InChI is InChI=1S/C10H8N4O4S/c11-10(15)8-9-7(3-13-8)19(16,17)14-5-1-2-12-6(5)4-18-9/h1-4,13-14H,(H2,11,15). The van der Waals surface area contributed by atoms with Crippen molar-refractivity contribution in [2.75, 3.05) is 0 Å². The molecule has 3 heterocycles. The number of hydrogen-bond acceptors (Lipinski definition) is 5. The van der Waals surface area contributed by atoms with Crippen LogP contribution in [-0.4, -0.2) is 25.5 Å². The second-order valence-electron chi connectivity index (χ2n) is 3.81. The third-order valence-electron chi connectivity index (χ3n) is 2.60. The quantitative estimate of drug-likeness (QED) is 0.646. The fourth-order valence-electron chi connectivity index (χ4n) is 1.73. The van der Waals surface area contributed by atoms with Crippen molar-refractivity contribution in [1.29, 1.82) is 0 Å². The zero-order valence-corrected chi connectivity index (χ0v) is 10.2. The molecule has 98 valence electrons. The lowest BCUT2D eigenvalue weighted by molar-refractivity contribution is 0.0993. The average molecular weight is 280 g/mol. The van der Waals surface area contributed by atoms with Crippen molar-refractivity contribution in [3.63, 3.8) is 0 Å². The lowest BCUT2D eigenvalue weighted by Crippen LogP contribution is -2.25. The number of hydrogen-bond donors (Lipinski definition) is 3. The second kappa shape index (κ2) is 3.72. The first kappa shape index (κ1) is 11.5. The maximum absolute atomic E-state index is 12.1. The maximum atomic E-state index is 12.1. The Balaban J connectivity index is 2.22. The van der Waals surface area contributed by atoms with Gasteiger partial charge in [0.15, 0.2) is 5.75 Å². The number of aliphatic imine (C=N–C) groups is 1. The minimum absolute atomic E-state index is 0.119. The van der Waals surface area contributed by atoms with Gasteiger partial charge in [0.05, 0.1) is 5.70 Å². The summed E-state index contributed by atoms with van der Waals surface area (Å²) in [6, 6.07) is 0. The summed E-state index contributed by atoms with van der Waals surface area (Å²) in [6.45, 7) is 0. The molecule has 8 nitrogen and oxygen atoms in total. The van der Waals surface area contributed by atoms with E-state index in [4.69, 9.17) is 10.5 Å². The highest BCUT2D eigenvalue weighted by Gasteiger charge is 2.30. The number of carbonyl (C=O) groups excluding carboxylic acids is 1. The topological polar surface area (TPSA) is 127 Å². The van der Waals surface area contributed by atoms with Crippen LogP contribution in [0.25, 0.3) is 0 Å². The summed E-state index contributed by atoms with van der Waals surface area (Å²) >= 11 is 0. The van der Waals surface area contributed by atoms with E-state index in [0.717, 1.165) is 6.20 Å². The number of aromatic amines is 1. The van der Waals surface area contributed by atoms with Crippen LogP contribution in [-0.2, 0) is 10.0 Å². The van der Waals surface area contributed by atoms with Crippen molar-refractivity contribution >= 4 is 22.1 Å². The van der Waals surface area contributed by atoms with Gasteiger partial charge in [-0.2, -0.15) is 0 Å². The van der Waals surface area contributed by atoms with Crippen molar-refractivity contribution in [2.45, 2.75) is 4.90 Å². The molecule has 9 heteroatoms. The molecule has 4 N–H and O–H groups in total. The number of nitrogens with one attached hydrogen (secondary N) is 2. The SMILES string of the molecule is NC(=O)c1[nH]cc2c1OC=C1N=CC=C1NS2(=O)=O. The third-order valence-corrected chi connectivity index (χ3v) is 3.97. The van der Waals surface area contributed by atoms with Crippen LogP contribution >= 0.6 is 0 Å². The molecular weight excluding hydrogens is 272 g/mol. The van der Waals surface area contributed by atoms with E-state index in [1.807, 2.05) is 0 Å². The Hall–Kier alpha value is -2.55. The molecule has 0 aromatic carbocycles. The molecule has 0 aliphatic carbocycles. The Labute approximate surface area is 107 Å². The summed E-state index contributed by atoms with van der Waals surface area (Å²) in [6.07, 6.45) is 5.33. The summed E-state index contributed by atoms with van der Waals surface area (Å²) < 4.78 is 31.9. The number of amides is 1. The molecule has 2 aliphatic rings. The fourth-order valence-corrected chi connectivity index (χ4v) is 2.91. The van der Waals surface area contributed by atoms with E-state index in [0.29, 0.717) is 11.4 Å². The molecule has 3 rings (SSSR count). The van der Waals surface area contributed by atoms with Gasteiger partial charge in [-0.05, 0) is 6.08 Å². The van der Waals surface area contributed by atoms with E-state index >= 15 is 0 Å². The highest BCUT2D eigenvalue weighted by Crippen LogP contribution is 2.31. The van der Waals surface area contributed by atoms with E-state index in [2.05, 4.69) is 14.7 Å². The van der Waals surface area contributed by atoms with Gasteiger partial charge in [-0.1, -0.05) is 0 Å². The second-order valence-corrected chi connectivity index (χ2v) is 5.46. The van der Waals surface area contributed by atoms with Gasteiger partial charge in [-0.25, -0.2) is 8.42 Å². The Morgan fingerprint density at radius 3 is 2.95 bits per heavy atom. The van der Waals surface area contributed by atoms with Crippen molar-refractivity contribution in [3.05, 3.63) is 35.6 Å². The zero-order chi connectivity index (χ0) is 13.6. The maximum Gasteiger partial charge on any atom is 0.269 e. The van der Waals surface area contributed by atoms with Crippen LogP contribution in [0.5, 0.6) is 5.75 Å². The largest absolute Gasteiger partial charge is 0.459 e. The number of nitrogens with zero attached hydrogens (tertiary/aromatic N) is 1. The summed E-state index contributed by atoms with van der Waals surface area (Å²) in [5.41, 5.74) is 5.63. The Kier molecular flexibility index (Phi) is 2.26. The fraction of sp³-hybridized carbons (Fsp3) is 0. The molecule has 2 aliphatic heterocycles. The first-order valence-electron chi connectivity index (χ1n) is 5.14. The summed E-state index contributed by atoms with van der Waals surface area (Å²) in [7, 11) is -3.87. The zero-order valence-electron chi connectivity index (χ0n) is 9.38. The molecule has 0 unspecified atom stereocenters. The molecule has 0 bridgehead atoms. The number of allylic oxidation sites excluding steroid dienone is 1. The highest BCUT2D eigenvalue weighted by atomic mass is 32.2. The minimum atomic E-state index is -3.87. The molecule has 1 aromatic heterocycles. The number of sulfonamides is 1. The minimum Gasteiger partial charge on any atom is -0.459 e. The Morgan fingerprint density at radius 2 is 2.21 bits per heavy atom. The van der Waals surface area contributed by atoms with Crippen LogP contribution in [0.3, 0.4) is 0 Å². The Bertz CT molecular complexity index is 769. The molecule has 19 heavy (non-hydrogen) atoms. The van der Waals surface area contributed by atoms with E-state index in [-0.39, 0.29) is 16.3 Å². The van der Waals surface area contributed by atoms with Gasteiger partial charge in [0.1, 0.15) is 22.5 Å². The number of nitrogens with two attached hydrogens (primary N) is 1. The van der Waals surface area contributed by atoms with Crippen molar-refractivity contribution in [2.24, 2.45) is 10.7 Å². The molecule has 0 atom stereocenters. The molecule has 0 saturated heterocycles. The van der Waals surface area contributed by atoms with Crippen LogP contribution in [0.2, 0.25) is 0 Å². The van der Waals surface area contributed by atoms with E-state index in [9.17, 15) is 13.2 Å². The summed E-state index contributed by atoms with van der Waals surface area (Å²) in [5.74, 6) is -0.963. The number of fused-ring (bicyclic) bond motifs is 2. The molecule has 0 spiro atoms. The Morgan fingerprint density at radius 1 is 1.42 bits per heavy atom. The summed E-state index contributed by atoms with van der Waals surface area (Å²) in [4.78, 5) is 17.4.